The molecule has 1 amide bonds. The molecule has 2 unspecified atom stereocenters. The highest BCUT2D eigenvalue weighted by Gasteiger charge is 2.28. The Hall–Kier alpha value is -0.610. The van der Waals surface area contributed by atoms with Gasteiger partial charge in [0.25, 0.3) is 0 Å². The maximum absolute atomic E-state index is 12.1. The van der Waals surface area contributed by atoms with Gasteiger partial charge in [0.2, 0.25) is 5.91 Å². The summed E-state index contributed by atoms with van der Waals surface area (Å²) in [6.45, 7) is 3.61. The molecule has 0 radical (unpaired) electrons. The van der Waals surface area contributed by atoms with Gasteiger partial charge in [-0.05, 0) is 38.5 Å². The maximum atomic E-state index is 12.1. The van der Waals surface area contributed by atoms with Crippen LogP contribution in [-0.4, -0.2) is 47.7 Å². The largest absolute Gasteiger partial charge is 0.395 e. The fourth-order valence-corrected chi connectivity index (χ4v) is 3.69. The van der Waals surface area contributed by atoms with E-state index < -0.39 is 0 Å². The van der Waals surface area contributed by atoms with Gasteiger partial charge in [-0.25, -0.2) is 0 Å². The summed E-state index contributed by atoms with van der Waals surface area (Å²) in [4.78, 5) is 14.3. The van der Waals surface area contributed by atoms with Gasteiger partial charge in [0, 0.05) is 18.6 Å². The van der Waals surface area contributed by atoms with Gasteiger partial charge in [-0.15, -0.1) is 0 Å². The van der Waals surface area contributed by atoms with Crippen molar-refractivity contribution < 1.29 is 9.90 Å². The topological polar surface area (TPSA) is 52.6 Å². The molecule has 2 aliphatic rings. The quantitative estimate of drug-likeness (QED) is 0.810. The first kappa shape index (κ1) is 15.8. The number of amides is 1. The maximum Gasteiger partial charge on any atom is 0.234 e. The van der Waals surface area contributed by atoms with Crippen LogP contribution < -0.4 is 5.32 Å². The molecule has 2 N–H and O–H groups in total. The van der Waals surface area contributed by atoms with Crippen molar-refractivity contribution in [2.24, 2.45) is 5.92 Å². The summed E-state index contributed by atoms with van der Waals surface area (Å²) < 4.78 is 0. The third-order valence-electron chi connectivity index (χ3n) is 5.04. The fourth-order valence-electron chi connectivity index (χ4n) is 3.69. The number of carbonyl (C=O) groups is 1. The van der Waals surface area contributed by atoms with Gasteiger partial charge in [-0.2, -0.15) is 0 Å². The summed E-state index contributed by atoms with van der Waals surface area (Å²) in [6.07, 6.45) is 9.82. The third-order valence-corrected chi connectivity index (χ3v) is 5.04. The third kappa shape index (κ3) is 4.45. The van der Waals surface area contributed by atoms with Gasteiger partial charge in [-0.3, -0.25) is 9.69 Å². The number of hydrogen-bond acceptors (Lipinski definition) is 3. The van der Waals surface area contributed by atoms with Crippen molar-refractivity contribution in [3.63, 3.8) is 0 Å². The monoisotopic (exact) mass is 282 g/mol. The summed E-state index contributed by atoms with van der Waals surface area (Å²) in [5, 5.41) is 12.6. The second-order valence-electron chi connectivity index (χ2n) is 6.60. The Morgan fingerprint density at radius 1 is 1.15 bits per heavy atom. The number of piperidine rings is 1. The number of carbonyl (C=O) groups excluding carboxylic acids is 1. The molecule has 2 rings (SSSR count). The molecule has 0 spiro atoms. The molecule has 1 saturated carbocycles. The lowest BCUT2D eigenvalue weighted by atomic mass is 9.89. The molecular formula is C16H30N2O2. The minimum atomic E-state index is 0.128. The number of nitrogens with zero attached hydrogens (tertiary/aromatic N) is 1. The van der Waals surface area contributed by atoms with Crippen LogP contribution in [-0.2, 0) is 4.79 Å². The predicted octanol–water partition coefficient (Wildman–Crippen LogP) is 1.92. The number of hydrogen-bond donors (Lipinski definition) is 2. The average Bonchev–Trinajstić information content (AvgIpc) is 2.48. The highest BCUT2D eigenvalue weighted by atomic mass is 16.3. The van der Waals surface area contributed by atoms with Crippen LogP contribution in [0.15, 0.2) is 0 Å². The van der Waals surface area contributed by atoms with Crippen LogP contribution in [0.5, 0.6) is 0 Å². The Bertz CT molecular complexity index is 303. The van der Waals surface area contributed by atoms with E-state index in [1.165, 1.54) is 32.1 Å². The summed E-state index contributed by atoms with van der Waals surface area (Å²) in [5.74, 6) is 0.808. The molecule has 1 aliphatic heterocycles. The number of rotatable bonds is 5. The van der Waals surface area contributed by atoms with Crippen LogP contribution in [0.4, 0.5) is 0 Å². The summed E-state index contributed by atoms with van der Waals surface area (Å²) >= 11 is 0. The van der Waals surface area contributed by atoms with E-state index in [1.54, 1.807) is 0 Å². The Balaban J connectivity index is 1.74. The molecule has 116 valence electrons. The first-order valence-electron chi connectivity index (χ1n) is 8.34. The van der Waals surface area contributed by atoms with Crippen molar-refractivity contribution in [3.05, 3.63) is 0 Å². The molecule has 1 heterocycles. The number of aliphatic hydroxyl groups is 1. The van der Waals surface area contributed by atoms with Gasteiger partial charge < -0.3 is 10.4 Å². The van der Waals surface area contributed by atoms with Crippen molar-refractivity contribution >= 4 is 5.91 Å². The lowest BCUT2D eigenvalue weighted by molar-refractivity contribution is -0.124. The Morgan fingerprint density at radius 2 is 1.90 bits per heavy atom. The molecule has 4 heteroatoms. The van der Waals surface area contributed by atoms with E-state index >= 15 is 0 Å². The first-order valence-corrected chi connectivity index (χ1v) is 8.34. The van der Waals surface area contributed by atoms with Crippen molar-refractivity contribution in [3.8, 4) is 0 Å². The summed E-state index contributed by atoms with van der Waals surface area (Å²) in [5.41, 5.74) is 0. The van der Waals surface area contributed by atoms with Crippen LogP contribution in [0.2, 0.25) is 0 Å². The van der Waals surface area contributed by atoms with Crippen molar-refractivity contribution in [2.75, 3.05) is 19.7 Å². The zero-order valence-corrected chi connectivity index (χ0v) is 12.8. The standard InChI is InChI=1S/C16H30N2O2/c1-13-6-5-9-15(12-19)18(13)11-16(20)17-10-14-7-3-2-4-8-14/h13-15,19H,2-12H2,1H3,(H,17,20). The van der Waals surface area contributed by atoms with E-state index in [1.807, 2.05) is 0 Å². The van der Waals surface area contributed by atoms with Crippen LogP contribution in [0.1, 0.15) is 58.3 Å². The van der Waals surface area contributed by atoms with Gasteiger partial charge in [0.05, 0.1) is 13.2 Å². The molecule has 0 bridgehead atoms. The number of likely N-dealkylation sites (tertiary alicyclic amines) is 1. The lowest BCUT2D eigenvalue weighted by Gasteiger charge is -2.39. The molecule has 20 heavy (non-hydrogen) atoms. The molecule has 2 atom stereocenters. The minimum absolute atomic E-state index is 0.128. The molecular weight excluding hydrogens is 252 g/mol. The first-order chi connectivity index (χ1) is 9.70. The highest BCUT2D eigenvalue weighted by molar-refractivity contribution is 5.78. The molecule has 1 aliphatic carbocycles. The minimum Gasteiger partial charge on any atom is -0.395 e. The van der Waals surface area contributed by atoms with Crippen molar-refractivity contribution in [1.29, 1.82) is 0 Å². The zero-order valence-electron chi connectivity index (χ0n) is 12.8. The molecule has 1 saturated heterocycles. The van der Waals surface area contributed by atoms with E-state index in [-0.39, 0.29) is 18.6 Å². The van der Waals surface area contributed by atoms with Gasteiger partial charge >= 0.3 is 0 Å². The molecule has 0 aromatic heterocycles. The number of nitrogens with one attached hydrogen (secondary N) is 1. The zero-order chi connectivity index (χ0) is 14.4. The summed E-state index contributed by atoms with van der Waals surface area (Å²) in [6, 6.07) is 0.570. The second-order valence-corrected chi connectivity index (χ2v) is 6.60. The Kier molecular flexibility index (Phi) is 6.30. The van der Waals surface area contributed by atoms with Crippen molar-refractivity contribution in [2.45, 2.75) is 70.4 Å². The van der Waals surface area contributed by atoms with Crippen LogP contribution in [0.3, 0.4) is 0 Å². The molecule has 2 fully saturated rings. The number of aliphatic hydroxyl groups excluding tert-OH is 1. The Morgan fingerprint density at radius 3 is 2.60 bits per heavy atom. The predicted molar refractivity (Wildman–Crippen MR) is 80.5 cm³/mol. The van der Waals surface area contributed by atoms with Crippen LogP contribution in [0.25, 0.3) is 0 Å². The molecule has 0 aromatic carbocycles. The summed E-state index contributed by atoms with van der Waals surface area (Å²) in [7, 11) is 0. The Labute approximate surface area is 122 Å². The van der Waals surface area contributed by atoms with E-state index in [4.69, 9.17) is 0 Å². The fraction of sp³-hybridized carbons (Fsp3) is 0.938. The lowest BCUT2D eigenvalue weighted by Crippen LogP contribution is -2.51. The van der Waals surface area contributed by atoms with Gasteiger partial charge in [0.1, 0.15) is 0 Å². The van der Waals surface area contributed by atoms with Gasteiger partial charge in [0.15, 0.2) is 0 Å². The van der Waals surface area contributed by atoms with E-state index in [0.717, 1.165) is 25.8 Å². The highest BCUT2D eigenvalue weighted by Crippen LogP contribution is 2.23. The average molecular weight is 282 g/mol. The second kappa shape index (κ2) is 7.99. The smallest absolute Gasteiger partial charge is 0.234 e. The van der Waals surface area contributed by atoms with Crippen LogP contribution in [0, 0.1) is 5.92 Å². The van der Waals surface area contributed by atoms with Crippen molar-refractivity contribution in [1.82, 2.24) is 10.2 Å². The van der Waals surface area contributed by atoms with E-state index in [9.17, 15) is 9.90 Å². The van der Waals surface area contributed by atoms with Crippen LogP contribution >= 0.6 is 0 Å². The normalized spacial score (nSPS) is 29.3. The van der Waals surface area contributed by atoms with Gasteiger partial charge in [-0.1, -0.05) is 25.7 Å². The molecule has 0 aromatic rings. The van der Waals surface area contributed by atoms with E-state index in [2.05, 4.69) is 17.1 Å². The SMILES string of the molecule is CC1CCCC(CO)N1CC(=O)NCC1CCCCC1. The molecule has 4 nitrogen and oxygen atoms in total. The van der Waals surface area contributed by atoms with E-state index in [0.29, 0.717) is 18.5 Å².